The standard InChI is InChI=1S/C14H22N2/c1-11(2)14-7-4-8-16(14)13-6-3-5-12(9-13)10-15/h3,5-6,9,11,14H,4,7-8,10,15H2,1-2H3. The average Bonchev–Trinajstić information content (AvgIpc) is 2.78. The lowest BCUT2D eigenvalue weighted by Crippen LogP contribution is -2.33. The Labute approximate surface area is 98.4 Å². The number of hydrogen-bond donors (Lipinski definition) is 1. The maximum absolute atomic E-state index is 5.69. The van der Waals surface area contributed by atoms with E-state index in [4.69, 9.17) is 5.73 Å². The summed E-state index contributed by atoms with van der Waals surface area (Å²) in [6, 6.07) is 9.37. The maximum Gasteiger partial charge on any atom is 0.0372 e. The van der Waals surface area contributed by atoms with Crippen LogP contribution in [0.4, 0.5) is 5.69 Å². The van der Waals surface area contributed by atoms with Crippen LogP contribution in [-0.2, 0) is 6.54 Å². The summed E-state index contributed by atoms with van der Waals surface area (Å²) in [4.78, 5) is 2.55. The van der Waals surface area contributed by atoms with Gasteiger partial charge in [-0.25, -0.2) is 0 Å². The van der Waals surface area contributed by atoms with E-state index in [2.05, 4.69) is 43.0 Å². The molecule has 1 fully saturated rings. The van der Waals surface area contributed by atoms with Gasteiger partial charge in [0, 0.05) is 24.8 Å². The van der Waals surface area contributed by atoms with Crippen molar-refractivity contribution in [2.75, 3.05) is 11.4 Å². The highest BCUT2D eigenvalue weighted by Gasteiger charge is 2.26. The molecule has 0 saturated carbocycles. The van der Waals surface area contributed by atoms with Crippen LogP contribution in [0.2, 0.25) is 0 Å². The quantitative estimate of drug-likeness (QED) is 0.845. The zero-order valence-electron chi connectivity index (χ0n) is 10.3. The van der Waals surface area contributed by atoms with Crippen LogP contribution in [0.15, 0.2) is 24.3 Å². The Bertz CT molecular complexity index is 346. The maximum atomic E-state index is 5.69. The van der Waals surface area contributed by atoms with E-state index >= 15 is 0 Å². The Kier molecular flexibility index (Phi) is 3.49. The van der Waals surface area contributed by atoms with Gasteiger partial charge in [-0.2, -0.15) is 0 Å². The third kappa shape index (κ3) is 2.22. The van der Waals surface area contributed by atoms with Crippen LogP contribution in [-0.4, -0.2) is 12.6 Å². The lowest BCUT2D eigenvalue weighted by atomic mass is 10.0. The minimum atomic E-state index is 0.633. The number of nitrogens with zero attached hydrogens (tertiary/aromatic N) is 1. The zero-order valence-corrected chi connectivity index (χ0v) is 10.3. The minimum absolute atomic E-state index is 0.633. The molecule has 2 heteroatoms. The fraction of sp³-hybridized carbons (Fsp3) is 0.571. The molecular weight excluding hydrogens is 196 g/mol. The van der Waals surface area contributed by atoms with Crippen molar-refractivity contribution in [1.29, 1.82) is 0 Å². The summed E-state index contributed by atoms with van der Waals surface area (Å²) in [5.74, 6) is 0.726. The Hall–Kier alpha value is -1.02. The molecule has 88 valence electrons. The smallest absolute Gasteiger partial charge is 0.0372 e. The van der Waals surface area contributed by atoms with Crippen molar-refractivity contribution < 1.29 is 0 Å². The van der Waals surface area contributed by atoms with Crippen LogP contribution in [0.1, 0.15) is 32.3 Å². The lowest BCUT2D eigenvalue weighted by molar-refractivity contribution is 0.492. The second kappa shape index (κ2) is 4.88. The summed E-state index contributed by atoms with van der Waals surface area (Å²) in [5.41, 5.74) is 8.27. The van der Waals surface area contributed by atoms with Gasteiger partial charge in [0.25, 0.3) is 0 Å². The Morgan fingerprint density at radius 1 is 1.44 bits per heavy atom. The van der Waals surface area contributed by atoms with Crippen molar-refractivity contribution in [2.45, 2.75) is 39.3 Å². The van der Waals surface area contributed by atoms with Gasteiger partial charge in [-0.15, -0.1) is 0 Å². The average molecular weight is 218 g/mol. The Balaban J connectivity index is 2.22. The van der Waals surface area contributed by atoms with Gasteiger partial charge in [0.15, 0.2) is 0 Å². The van der Waals surface area contributed by atoms with Crippen LogP contribution >= 0.6 is 0 Å². The van der Waals surface area contributed by atoms with E-state index in [1.807, 2.05) is 0 Å². The van der Waals surface area contributed by atoms with Crippen molar-refractivity contribution in [3.8, 4) is 0 Å². The van der Waals surface area contributed by atoms with Crippen molar-refractivity contribution in [1.82, 2.24) is 0 Å². The number of rotatable bonds is 3. The second-order valence-corrected chi connectivity index (χ2v) is 5.02. The highest BCUT2D eigenvalue weighted by molar-refractivity contribution is 5.50. The fourth-order valence-corrected chi connectivity index (χ4v) is 2.67. The van der Waals surface area contributed by atoms with E-state index in [9.17, 15) is 0 Å². The molecule has 16 heavy (non-hydrogen) atoms. The van der Waals surface area contributed by atoms with Gasteiger partial charge >= 0.3 is 0 Å². The van der Waals surface area contributed by atoms with Crippen LogP contribution in [0.25, 0.3) is 0 Å². The van der Waals surface area contributed by atoms with E-state index in [0.29, 0.717) is 12.6 Å². The third-order valence-electron chi connectivity index (χ3n) is 3.55. The zero-order chi connectivity index (χ0) is 11.5. The summed E-state index contributed by atoms with van der Waals surface area (Å²) >= 11 is 0. The first-order valence-corrected chi connectivity index (χ1v) is 6.28. The largest absolute Gasteiger partial charge is 0.368 e. The fourth-order valence-electron chi connectivity index (χ4n) is 2.67. The normalized spacial score (nSPS) is 20.8. The lowest BCUT2D eigenvalue weighted by Gasteiger charge is -2.30. The van der Waals surface area contributed by atoms with Gasteiger partial charge in [0.2, 0.25) is 0 Å². The van der Waals surface area contributed by atoms with E-state index in [0.717, 1.165) is 5.92 Å². The highest BCUT2D eigenvalue weighted by Crippen LogP contribution is 2.29. The van der Waals surface area contributed by atoms with Crippen LogP contribution in [0, 0.1) is 5.92 Å². The Morgan fingerprint density at radius 3 is 2.94 bits per heavy atom. The molecule has 1 unspecified atom stereocenters. The first kappa shape index (κ1) is 11.5. The van der Waals surface area contributed by atoms with Gasteiger partial charge in [0.1, 0.15) is 0 Å². The molecule has 0 amide bonds. The first-order valence-electron chi connectivity index (χ1n) is 6.28. The summed E-state index contributed by atoms with van der Waals surface area (Å²) in [7, 11) is 0. The molecule has 0 spiro atoms. The summed E-state index contributed by atoms with van der Waals surface area (Å²) in [6.45, 7) is 6.45. The molecule has 2 nitrogen and oxygen atoms in total. The molecule has 1 heterocycles. The van der Waals surface area contributed by atoms with Crippen molar-refractivity contribution in [3.63, 3.8) is 0 Å². The van der Waals surface area contributed by atoms with Gasteiger partial charge in [0.05, 0.1) is 0 Å². The van der Waals surface area contributed by atoms with E-state index in [1.54, 1.807) is 0 Å². The molecule has 1 aliphatic heterocycles. The van der Waals surface area contributed by atoms with Crippen LogP contribution in [0.5, 0.6) is 0 Å². The van der Waals surface area contributed by atoms with Crippen molar-refractivity contribution >= 4 is 5.69 Å². The number of nitrogens with two attached hydrogens (primary N) is 1. The molecule has 0 radical (unpaired) electrons. The predicted molar refractivity (Wildman–Crippen MR) is 69.5 cm³/mol. The molecule has 1 aromatic rings. The second-order valence-electron chi connectivity index (χ2n) is 5.02. The van der Waals surface area contributed by atoms with E-state index < -0.39 is 0 Å². The molecule has 2 N–H and O–H groups in total. The van der Waals surface area contributed by atoms with Crippen LogP contribution < -0.4 is 10.6 Å². The number of benzene rings is 1. The van der Waals surface area contributed by atoms with Crippen LogP contribution in [0.3, 0.4) is 0 Å². The van der Waals surface area contributed by atoms with Gasteiger partial charge in [-0.3, -0.25) is 0 Å². The van der Waals surface area contributed by atoms with E-state index in [1.165, 1.54) is 30.6 Å². The topological polar surface area (TPSA) is 29.3 Å². The molecule has 0 bridgehead atoms. The third-order valence-corrected chi connectivity index (χ3v) is 3.55. The molecule has 1 aliphatic rings. The molecular formula is C14H22N2. The van der Waals surface area contributed by atoms with Crippen molar-refractivity contribution in [3.05, 3.63) is 29.8 Å². The molecule has 1 saturated heterocycles. The summed E-state index contributed by atoms with van der Waals surface area (Å²) in [5, 5.41) is 0. The van der Waals surface area contributed by atoms with Crippen molar-refractivity contribution in [2.24, 2.45) is 11.7 Å². The molecule has 0 aliphatic carbocycles. The number of hydrogen-bond acceptors (Lipinski definition) is 2. The molecule has 1 aromatic carbocycles. The number of anilines is 1. The van der Waals surface area contributed by atoms with Gasteiger partial charge in [-0.1, -0.05) is 26.0 Å². The Morgan fingerprint density at radius 2 is 2.25 bits per heavy atom. The molecule has 0 aromatic heterocycles. The molecule has 1 atom stereocenters. The van der Waals surface area contributed by atoms with Gasteiger partial charge in [-0.05, 0) is 36.5 Å². The highest BCUT2D eigenvalue weighted by atomic mass is 15.2. The summed E-state index contributed by atoms with van der Waals surface area (Å²) < 4.78 is 0. The SMILES string of the molecule is CC(C)C1CCCN1c1cccc(CN)c1. The minimum Gasteiger partial charge on any atom is -0.368 e. The predicted octanol–water partition coefficient (Wildman–Crippen LogP) is 2.77. The first-order chi connectivity index (χ1) is 7.72. The van der Waals surface area contributed by atoms with E-state index in [-0.39, 0.29) is 0 Å². The van der Waals surface area contributed by atoms with Gasteiger partial charge < -0.3 is 10.6 Å². The summed E-state index contributed by atoms with van der Waals surface area (Å²) in [6.07, 6.45) is 2.64. The molecule has 2 rings (SSSR count). The monoisotopic (exact) mass is 218 g/mol.